The Balaban J connectivity index is 2.15. The molecule has 0 aliphatic rings. The summed E-state index contributed by atoms with van der Waals surface area (Å²) in [4.78, 5) is 4.56. The summed E-state index contributed by atoms with van der Waals surface area (Å²) in [6, 6.07) is 8.40. The number of aliphatic hydroxyl groups is 1. The highest BCUT2D eigenvalue weighted by molar-refractivity contribution is 7.13. The minimum Gasteiger partial charge on any atom is -0.396 e. The molecule has 0 atom stereocenters. The number of benzene rings is 1. The van der Waals surface area contributed by atoms with Gasteiger partial charge in [0.2, 0.25) is 0 Å². The van der Waals surface area contributed by atoms with Crippen molar-refractivity contribution >= 4 is 11.3 Å². The molecule has 1 aromatic heterocycles. The van der Waals surface area contributed by atoms with Crippen molar-refractivity contribution in [3.05, 3.63) is 40.9 Å². The molecular weight excluding hydrogens is 218 g/mol. The third kappa shape index (κ3) is 2.68. The van der Waals surface area contributed by atoms with Crippen molar-refractivity contribution in [2.75, 3.05) is 6.61 Å². The number of hydrogen-bond donors (Lipinski definition) is 1. The van der Waals surface area contributed by atoms with E-state index in [1.54, 1.807) is 11.3 Å². The maximum absolute atomic E-state index is 8.76. The van der Waals surface area contributed by atoms with Crippen molar-refractivity contribution in [2.24, 2.45) is 0 Å². The predicted molar refractivity (Wildman–Crippen MR) is 67.7 cm³/mol. The lowest BCUT2D eigenvalue weighted by molar-refractivity contribution is 0.288. The number of hydrogen-bond acceptors (Lipinski definition) is 3. The average Bonchev–Trinajstić information content (AvgIpc) is 2.76. The number of aromatic nitrogens is 1. The van der Waals surface area contributed by atoms with E-state index in [2.05, 4.69) is 41.6 Å². The lowest BCUT2D eigenvalue weighted by Gasteiger charge is -1.96. The van der Waals surface area contributed by atoms with Gasteiger partial charge in [0.25, 0.3) is 0 Å². The molecule has 0 amide bonds. The van der Waals surface area contributed by atoms with Crippen molar-refractivity contribution in [3.63, 3.8) is 0 Å². The molecular formula is C13H15NOS. The Bertz CT molecular complexity index is 447. The third-order valence-electron chi connectivity index (χ3n) is 2.44. The van der Waals surface area contributed by atoms with Gasteiger partial charge in [-0.3, -0.25) is 0 Å². The minimum absolute atomic E-state index is 0.234. The van der Waals surface area contributed by atoms with Crippen LogP contribution in [-0.4, -0.2) is 16.7 Å². The summed E-state index contributed by atoms with van der Waals surface area (Å²) < 4.78 is 0. The Morgan fingerprint density at radius 1 is 1.25 bits per heavy atom. The molecule has 0 aliphatic carbocycles. The van der Waals surface area contributed by atoms with E-state index in [-0.39, 0.29) is 6.61 Å². The van der Waals surface area contributed by atoms with E-state index in [0.717, 1.165) is 23.5 Å². The van der Waals surface area contributed by atoms with Crippen molar-refractivity contribution in [3.8, 4) is 10.6 Å². The molecule has 0 unspecified atom stereocenters. The maximum atomic E-state index is 8.76. The summed E-state index contributed by atoms with van der Waals surface area (Å²) in [5.74, 6) is 0. The van der Waals surface area contributed by atoms with E-state index in [1.165, 1.54) is 11.1 Å². The molecule has 2 aromatic rings. The van der Waals surface area contributed by atoms with Crippen LogP contribution in [0.2, 0.25) is 0 Å². The molecule has 0 aliphatic heterocycles. The molecule has 0 saturated carbocycles. The molecule has 0 radical (unpaired) electrons. The summed E-state index contributed by atoms with van der Waals surface area (Å²) in [6.07, 6.45) is 1.65. The molecule has 1 N–H and O–H groups in total. The fourth-order valence-corrected chi connectivity index (χ4v) is 2.37. The van der Waals surface area contributed by atoms with Gasteiger partial charge in [0.1, 0.15) is 5.01 Å². The van der Waals surface area contributed by atoms with Gasteiger partial charge < -0.3 is 5.11 Å². The van der Waals surface area contributed by atoms with Crippen LogP contribution in [0.1, 0.15) is 17.7 Å². The zero-order valence-electron chi connectivity index (χ0n) is 9.31. The van der Waals surface area contributed by atoms with Crippen LogP contribution in [0.15, 0.2) is 29.6 Å². The van der Waals surface area contributed by atoms with E-state index in [9.17, 15) is 0 Å². The van der Waals surface area contributed by atoms with Gasteiger partial charge in [0.05, 0.1) is 5.69 Å². The summed E-state index contributed by atoms with van der Waals surface area (Å²) in [5, 5.41) is 11.9. The van der Waals surface area contributed by atoms with Crippen LogP contribution in [-0.2, 0) is 6.42 Å². The first-order chi connectivity index (χ1) is 7.79. The summed E-state index contributed by atoms with van der Waals surface area (Å²) in [6.45, 7) is 2.32. The van der Waals surface area contributed by atoms with Crippen LogP contribution < -0.4 is 0 Å². The quantitative estimate of drug-likeness (QED) is 0.880. The minimum atomic E-state index is 0.234. The number of rotatable bonds is 4. The van der Waals surface area contributed by atoms with Crippen LogP contribution >= 0.6 is 11.3 Å². The Morgan fingerprint density at radius 2 is 2.00 bits per heavy atom. The van der Waals surface area contributed by atoms with Crippen LogP contribution in [0.5, 0.6) is 0 Å². The standard InChI is InChI=1S/C13H15NOS/c1-10-4-6-11(7-5-10)13-14-12(9-16-13)3-2-8-15/h4-7,9,15H,2-3,8H2,1H3. The van der Waals surface area contributed by atoms with Gasteiger partial charge in [-0.15, -0.1) is 11.3 Å². The van der Waals surface area contributed by atoms with Gasteiger partial charge >= 0.3 is 0 Å². The van der Waals surface area contributed by atoms with Crippen molar-refractivity contribution in [1.82, 2.24) is 4.98 Å². The molecule has 1 aromatic carbocycles. The molecule has 0 saturated heterocycles. The van der Waals surface area contributed by atoms with E-state index in [0.29, 0.717) is 0 Å². The Kier molecular flexibility index (Phi) is 3.70. The van der Waals surface area contributed by atoms with Gasteiger partial charge in [-0.25, -0.2) is 4.98 Å². The molecule has 84 valence electrons. The van der Waals surface area contributed by atoms with E-state index >= 15 is 0 Å². The first-order valence-corrected chi connectivity index (χ1v) is 6.30. The average molecular weight is 233 g/mol. The lowest BCUT2D eigenvalue weighted by Crippen LogP contribution is -1.89. The normalized spacial score (nSPS) is 10.6. The van der Waals surface area contributed by atoms with Gasteiger partial charge in [-0.2, -0.15) is 0 Å². The topological polar surface area (TPSA) is 33.1 Å². The van der Waals surface area contributed by atoms with E-state index in [1.807, 2.05) is 0 Å². The molecule has 2 nitrogen and oxygen atoms in total. The van der Waals surface area contributed by atoms with Crippen LogP contribution in [0.25, 0.3) is 10.6 Å². The second-order valence-corrected chi connectivity index (χ2v) is 4.70. The molecule has 0 bridgehead atoms. The van der Waals surface area contributed by atoms with Crippen LogP contribution in [0.3, 0.4) is 0 Å². The van der Waals surface area contributed by atoms with Crippen molar-refractivity contribution < 1.29 is 5.11 Å². The van der Waals surface area contributed by atoms with E-state index in [4.69, 9.17) is 5.11 Å². The third-order valence-corrected chi connectivity index (χ3v) is 3.38. The fourth-order valence-electron chi connectivity index (χ4n) is 1.51. The summed E-state index contributed by atoms with van der Waals surface area (Å²) >= 11 is 1.67. The van der Waals surface area contributed by atoms with Gasteiger partial charge in [0.15, 0.2) is 0 Å². The summed E-state index contributed by atoms with van der Waals surface area (Å²) in [7, 11) is 0. The molecule has 16 heavy (non-hydrogen) atoms. The monoisotopic (exact) mass is 233 g/mol. The number of aryl methyl sites for hydroxylation is 2. The molecule has 0 fully saturated rings. The van der Waals surface area contributed by atoms with Gasteiger partial charge in [-0.1, -0.05) is 29.8 Å². The number of aliphatic hydroxyl groups excluding tert-OH is 1. The Hall–Kier alpha value is -1.19. The highest BCUT2D eigenvalue weighted by Crippen LogP contribution is 2.24. The second kappa shape index (κ2) is 5.23. The Labute approximate surface area is 99.6 Å². The van der Waals surface area contributed by atoms with Crippen LogP contribution in [0.4, 0.5) is 0 Å². The second-order valence-electron chi connectivity index (χ2n) is 3.84. The van der Waals surface area contributed by atoms with E-state index < -0.39 is 0 Å². The fraction of sp³-hybridized carbons (Fsp3) is 0.308. The highest BCUT2D eigenvalue weighted by atomic mass is 32.1. The SMILES string of the molecule is Cc1ccc(-c2nc(CCCO)cs2)cc1. The first-order valence-electron chi connectivity index (χ1n) is 5.42. The smallest absolute Gasteiger partial charge is 0.123 e. The maximum Gasteiger partial charge on any atom is 0.123 e. The highest BCUT2D eigenvalue weighted by Gasteiger charge is 2.03. The van der Waals surface area contributed by atoms with Crippen molar-refractivity contribution in [2.45, 2.75) is 19.8 Å². The summed E-state index contributed by atoms with van der Waals surface area (Å²) in [5.41, 5.74) is 3.52. The van der Waals surface area contributed by atoms with Gasteiger partial charge in [-0.05, 0) is 19.8 Å². The zero-order chi connectivity index (χ0) is 11.4. The predicted octanol–water partition coefficient (Wildman–Crippen LogP) is 3.04. The van der Waals surface area contributed by atoms with Gasteiger partial charge in [0, 0.05) is 17.6 Å². The number of nitrogens with zero attached hydrogens (tertiary/aromatic N) is 1. The largest absolute Gasteiger partial charge is 0.396 e. The molecule has 3 heteroatoms. The first kappa shape index (κ1) is 11.3. The molecule has 2 rings (SSSR count). The molecule has 0 spiro atoms. The van der Waals surface area contributed by atoms with Crippen molar-refractivity contribution in [1.29, 1.82) is 0 Å². The lowest BCUT2D eigenvalue weighted by atomic mass is 10.2. The molecule has 1 heterocycles. The number of thiazole rings is 1. The zero-order valence-corrected chi connectivity index (χ0v) is 10.1. The van der Waals surface area contributed by atoms with Crippen LogP contribution in [0, 0.1) is 6.92 Å². The Morgan fingerprint density at radius 3 is 2.69 bits per heavy atom.